The minimum Gasteiger partial charge on any atom is -0.508 e. The second kappa shape index (κ2) is 7.59. The molecule has 4 nitrogen and oxygen atoms in total. The molecule has 0 spiro atoms. The Morgan fingerprint density at radius 1 is 1.08 bits per heavy atom. The molecular formula is C22H32N2O2. The average molecular weight is 357 g/mol. The molecule has 142 valence electrons. The molecule has 2 heterocycles. The molecule has 3 aliphatic rings. The molecule has 2 saturated heterocycles. The monoisotopic (exact) mass is 356 g/mol. The standard InChI is InChI=1S/C22H32N2O2/c1-16-4-3-9-24(14-16)22(26)17-7-10-23(11-8-17)15-20-12-18-5-2-6-19(18)13-21(20)25/h12-13,16-17,25H,2-11,14-15H2,1H3. The number of benzene rings is 1. The van der Waals surface area contributed by atoms with Crippen molar-refractivity contribution in [1.82, 2.24) is 9.80 Å². The highest BCUT2D eigenvalue weighted by molar-refractivity contribution is 5.79. The van der Waals surface area contributed by atoms with E-state index in [9.17, 15) is 9.90 Å². The van der Waals surface area contributed by atoms with Crippen LogP contribution in [0.15, 0.2) is 12.1 Å². The van der Waals surface area contributed by atoms with Crippen molar-refractivity contribution >= 4 is 5.91 Å². The Labute approximate surface area is 157 Å². The maximum absolute atomic E-state index is 12.8. The van der Waals surface area contributed by atoms with E-state index in [4.69, 9.17) is 0 Å². The third-order valence-electron chi connectivity index (χ3n) is 6.59. The lowest BCUT2D eigenvalue weighted by molar-refractivity contribution is -0.138. The number of piperidine rings is 2. The fraction of sp³-hybridized carbons (Fsp3) is 0.682. The van der Waals surface area contributed by atoms with Crippen LogP contribution in [0.2, 0.25) is 0 Å². The zero-order chi connectivity index (χ0) is 18.1. The van der Waals surface area contributed by atoms with E-state index in [2.05, 4.69) is 22.8 Å². The molecule has 4 heteroatoms. The maximum atomic E-state index is 12.8. The molecule has 1 N–H and O–H groups in total. The van der Waals surface area contributed by atoms with E-state index < -0.39 is 0 Å². The Kier molecular flexibility index (Phi) is 5.21. The summed E-state index contributed by atoms with van der Waals surface area (Å²) in [6.45, 7) is 6.87. The van der Waals surface area contributed by atoms with Crippen LogP contribution < -0.4 is 0 Å². The molecule has 26 heavy (non-hydrogen) atoms. The molecule has 1 atom stereocenters. The highest BCUT2D eigenvalue weighted by Gasteiger charge is 2.30. The molecule has 2 fully saturated rings. The Bertz CT molecular complexity index is 664. The molecule has 1 unspecified atom stereocenters. The number of carbonyl (C=O) groups is 1. The fourth-order valence-electron chi connectivity index (χ4n) is 5.02. The zero-order valence-electron chi connectivity index (χ0n) is 16.0. The average Bonchev–Trinajstić information content (AvgIpc) is 3.09. The largest absolute Gasteiger partial charge is 0.508 e. The van der Waals surface area contributed by atoms with Crippen LogP contribution in [0.25, 0.3) is 0 Å². The molecule has 0 saturated carbocycles. The number of phenolic OH excluding ortho intramolecular Hbond substituents is 1. The third-order valence-corrected chi connectivity index (χ3v) is 6.59. The number of aromatic hydroxyl groups is 1. The van der Waals surface area contributed by atoms with E-state index in [0.29, 0.717) is 17.6 Å². The van der Waals surface area contributed by atoms with Crippen LogP contribution in [0.1, 0.15) is 55.7 Å². The fourth-order valence-corrected chi connectivity index (χ4v) is 5.02. The van der Waals surface area contributed by atoms with Crippen LogP contribution >= 0.6 is 0 Å². The van der Waals surface area contributed by atoms with Crippen molar-refractivity contribution in [2.75, 3.05) is 26.2 Å². The van der Waals surface area contributed by atoms with E-state index in [1.165, 1.54) is 24.0 Å². The van der Waals surface area contributed by atoms with Gasteiger partial charge in [0.2, 0.25) is 5.91 Å². The molecule has 4 rings (SSSR count). The minimum absolute atomic E-state index is 0.199. The summed E-state index contributed by atoms with van der Waals surface area (Å²) in [6.07, 6.45) is 7.78. The van der Waals surface area contributed by atoms with Crippen LogP contribution in [0.4, 0.5) is 0 Å². The van der Waals surface area contributed by atoms with Crippen molar-refractivity contribution in [3.63, 3.8) is 0 Å². The normalized spacial score (nSPS) is 24.7. The number of amides is 1. The number of carbonyl (C=O) groups excluding carboxylic acids is 1. The summed E-state index contributed by atoms with van der Waals surface area (Å²) in [5.41, 5.74) is 3.80. The van der Waals surface area contributed by atoms with E-state index >= 15 is 0 Å². The molecule has 0 aromatic heterocycles. The summed E-state index contributed by atoms with van der Waals surface area (Å²) >= 11 is 0. The van der Waals surface area contributed by atoms with Gasteiger partial charge in [0.15, 0.2) is 0 Å². The van der Waals surface area contributed by atoms with Gasteiger partial charge in [-0.05, 0) is 81.1 Å². The van der Waals surface area contributed by atoms with Crippen molar-refractivity contribution < 1.29 is 9.90 Å². The van der Waals surface area contributed by atoms with Crippen LogP contribution in [0.5, 0.6) is 5.75 Å². The second-order valence-corrected chi connectivity index (χ2v) is 8.69. The highest BCUT2D eigenvalue weighted by atomic mass is 16.3. The predicted octanol–water partition coefficient (Wildman–Crippen LogP) is 3.35. The molecule has 0 radical (unpaired) electrons. The summed E-state index contributed by atoms with van der Waals surface area (Å²) < 4.78 is 0. The van der Waals surface area contributed by atoms with Gasteiger partial charge in [-0.2, -0.15) is 0 Å². The first-order valence-electron chi connectivity index (χ1n) is 10.4. The Hall–Kier alpha value is -1.55. The lowest BCUT2D eigenvalue weighted by atomic mass is 9.92. The van der Waals surface area contributed by atoms with Gasteiger partial charge in [-0.1, -0.05) is 13.0 Å². The summed E-state index contributed by atoms with van der Waals surface area (Å²) in [5, 5.41) is 10.4. The summed E-state index contributed by atoms with van der Waals surface area (Å²) in [5.74, 6) is 1.68. The van der Waals surface area contributed by atoms with Gasteiger partial charge in [0, 0.05) is 31.1 Å². The van der Waals surface area contributed by atoms with Gasteiger partial charge in [0.05, 0.1) is 0 Å². The number of fused-ring (bicyclic) bond motifs is 1. The van der Waals surface area contributed by atoms with Crippen molar-refractivity contribution in [2.45, 2.75) is 58.4 Å². The van der Waals surface area contributed by atoms with Gasteiger partial charge in [0.25, 0.3) is 0 Å². The number of hydrogen-bond donors (Lipinski definition) is 1. The summed E-state index contributed by atoms with van der Waals surface area (Å²) in [6, 6.07) is 4.19. The lowest BCUT2D eigenvalue weighted by Crippen LogP contribution is -2.45. The van der Waals surface area contributed by atoms with Gasteiger partial charge in [0.1, 0.15) is 5.75 Å². The molecule has 0 bridgehead atoms. The first-order valence-corrected chi connectivity index (χ1v) is 10.4. The van der Waals surface area contributed by atoms with Crippen molar-refractivity contribution in [1.29, 1.82) is 0 Å². The van der Waals surface area contributed by atoms with Crippen molar-refractivity contribution in [3.05, 3.63) is 28.8 Å². The predicted molar refractivity (Wildman–Crippen MR) is 103 cm³/mol. The van der Waals surface area contributed by atoms with E-state index in [-0.39, 0.29) is 5.92 Å². The lowest BCUT2D eigenvalue weighted by Gasteiger charge is -2.37. The topological polar surface area (TPSA) is 43.8 Å². The molecule has 2 aliphatic heterocycles. The molecule has 1 aliphatic carbocycles. The molecule has 1 aromatic rings. The van der Waals surface area contributed by atoms with E-state index in [1.807, 2.05) is 6.07 Å². The zero-order valence-corrected chi connectivity index (χ0v) is 16.0. The van der Waals surface area contributed by atoms with Crippen LogP contribution in [-0.2, 0) is 24.2 Å². The quantitative estimate of drug-likeness (QED) is 0.903. The maximum Gasteiger partial charge on any atom is 0.225 e. The number of nitrogens with zero attached hydrogens (tertiary/aromatic N) is 2. The molecule has 1 amide bonds. The van der Waals surface area contributed by atoms with E-state index in [1.54, 1.807) is 0 Å². The third kappa shape index (κ3) is 3.75. The number of rotatable bonds is 3. The number of aryl methyl sites for hydroxylation is 2. The van der Waals surface area contributed by atoms with Crippen molar-refractivity contribution in [3.8, 4) is 5.75 Å². The first-order chi connectivity index (χ1) is 12.6. The smallest absolute Gasteiger partial charge is 0.225 e. The molecule has 1 aromatic carbocycles. The van der Waals surface area contributed by atoms with Gasteiger partial charge < -0.3 is 10.0 Å². The number of likely N-dealkylation sites (tertiary alicyclic amines) is 2. The Balaban J connectivity index is 1.32. The van der Waals surface area contributed by atoms with Crippen LogP contribution in [0.3, 0.4) is 0 Å². The van der Waals surface area contributed by atoms with E-state index in [0.717, 1.165) is 70.4 Å². The second-order valence-electron chi connectivity index (χ2n) is 8.69. The Morgan fingerprint density at radius 2 is 1.81 bits per heavy atom. The number of phenols is 1. The summed E-state index contributed by atoms with van der Waals surface area (Å²) in [7, 11) is 0. The SMILES string of the molecule is CC1CCCN(C(=O)C2CCN(Cc3cc4c(cc3O)CCC4)CC2)C1. The van der Waals surface area contributed by atoms with Crippen LogP contribution in [-0.4, -0.2) is 47.0 Å². The van der Waals surface area contributed by atoms with Gasteiger partial charge in [-0.15, -0.1) is 0 Å². The minimum atomic E-state index is 0.199. The summed E-state index contributed by atoms with van der Waals surface area (Å²) in [4.78, 5) is 17.3. The van der Waals surface area contributed by atoms with Crippen molar-refractivity contribution in [2.24, 2.45) is 11.8 Å². The highest BCUT2D eigenvalue weighted by Crippen LogP contribution is 2.31. The van der Waals surface area contributed by atoms with Gasteiger partial charge in [-0.3, -0.25) is 9.69 Å². The number of hydrogen-bond acceptors (Lipinski definition) is 3. The molecular weight excluding hydrogens is 324 g/mol. The van der Waals surface area contributed by atoms with Gasteiger partial charge in [-0.25, -0.2) is 0 Å². The van der Waals surface area contributed by atoms with Crippen LogP contribution in [0, 0.1) is 11.8 Å². The first kappa shape index (κ1) is 17.8. The Morgan fingerprint density at radius 3 is 2.54 bits per heavy atom. The van der Waals surface area contributed by atoms with Gasteiger partial charge >= 0.3 is 0 Å².